The topological polar surface area (TPSA) is 19.4 Å². The zero-order valence-corrected chi connectivity index (χ0v) is 73.8. The molecule has 5 aromatic heterocycles. The molecule has 0 atom stereocenters. The molecule has 5 nitrogen and oxygen atoms in total. The molecule has 0 aliphatic heterocycles. The number of benzene rings is 10. The fraction of sp³-hybridized carbons (Fsp3) is 0.312. The lowest BCUT2D eigenvalue weighted by Gasteiger charge is -2.14. The van der Waals surface area contributed by atoms with Crippen LogP contribution in [-0.2, 0) is 54.5 Å². The number of hydrogen-bond donors (Lipinski definition) is 0. The third-order valence-electron chi connectivity index (χ3n) is 23.8. The van der Waals surface area contributed by atoms with E-state index in [0.29, 0.717) is 29.6 Å². The summed E-state index contributed by atoms with van der Waals surface area (Å²) in [6.45, 7) is 46.8. The van der Waals surface area contributed by atoms with Gasteiger partial charge in [0, 0.05) is 47.0 Å². The number of aryl methyl sites for hydroxylation is 14. The number of hydrogen-bond acceptors (Lipinski definition) is 0. The molecule has 0 spiro atoms. The normalized spacial score (nSPS) is 11.4. The zero-order valence-electron chi connectivity index (χ0n) is 73.8. The molecule has 114 heavy (non-hydrogen) atoms. The van der Waals surface area contributed by atoms with Crippen LogP contribution >= 0.6 is 0 Å². The van der Waals surface area contributed by atoms with Gasteiger partial charge in [0.1, 0.15) is 35.2 Å². The van der Waals surface area contributed by atoms with Crippen LogP contribution in [0.5, 0.6) is 0 Å². The van der Waals surface area contributed by atoms with Gasteiger partial charge in [0.2, 0.25) is 28.5 Å². The van der Waals surface area contributed by atoms with Crippen molar-refractivity contribution in [2.24, 2.45) is 35.2 Å². The minimum Gasteiger partial charge on any atom is -0.200 e. The summed E-state index contributed by atoms with van der Waals surface area (Å²) >= 11 is 0. The Kier molecular flexibility index (Phi) is 27.0. The van der Waals surface area contributed by atoms with Crippen LogP contribution < -0.4 is 22.8 Å². The summed E-state index contributed by atoms with van der Waals surface area (Å²) in [6.07, 6.45) is 14.1. The predicted octanol–water partition coefficient (Wildman–Crippen LogP) is 26.4. The van der Waals surface area contributed by atoms with Crippen molar-refractivity contribution in [1.82, 2.24) is 0 Å². The van der Waals surface area contributed by atoms with Crippen molar-refractivity contribution in [2.75, 3.05) is 0 Å². The van der Waals surface area contributed by atoms with Gasteiger partial charge >= 0.3 is 0 Å². The van der Waals surface area contributed by atoms with E-state index in [0.717, 1.165) is 19.3 Å². The highest BCUT2D eigenvalue weighted by molar-refractivity contribution is 5.98. The molecule has 584 valence electrons. The van der Waals surface area contributed by atoms with E-state index < -0.39 is 0 Å². The molecule has 0 unspecified atom stereocenters. The highest BCUT2D eigenvalue weighted by Gasteiger charge is 2.25. The predicted molar refractivity (Wildman–Crippen MR) is 489 cm³/mol. The van der Waals surface area contributed by atoms with Crippen LogP contribution in [0.3, 0.4) is 0 Å². The SMILES string of the molecule is CCc1cc(CC)c(C)c(-c2c3ccc(C(C)C)cc3cc[n+]2C)c1.CCc1ccc(C)c(-c2c3ccc(C(C)C)cc3cc[n+]2C)c1.Cc1cc(C)c(C)c(-c2c3ccc(C(C)C)cc3cc[n+]2C)c1.Cc1ccc(C)c(-c2c3ccc(C(C)C)cc3cc[n+]2C)c1.Cc1ccccc1-c1c2ccc(C(C)C)cc2cc[n+]1C. The molecule has 0 aliphatic carbocycles. The van der Waals surface area contributed by atoms with Gasteiger partial charge < -0.3 is 0 Å². The van der Waals surface area contributed by atoms with E-state index in [1.54, 1.807) is 0 Å². The first-order valence-corrected chi connectivity index (χ1v) is 42.0. The summed E-state index contributed by atoms with van der Waals surface area (Å²) in [7, 11) is 10.7. The van der Waals surface area contributed by atoms with E-state index in [1.165, 1.54) is 199 Å². The van der Waals surface area contributed by atoms with E-state index in [2.05, 4.69) is 441 Å². The van der Waals surface area contributed by atoms with Crippen LogP contribution in [0.2, 0.25) is 0 Å². The molecule has 5 heteroatoms. The molecule has 0 aliphatic rings. The first kappa shape index (κ1) is 84.2. The molecule has 15 aromatic rings. The van der Waals surface area contributed by atoms with Crippen LogP contribution in [0.25, 0.3) is 110 Å². The molecule has 0 fully saturated rings. The van der Waals surface area contributed by atoms with Crippen molar-refractivity contribution in [3.05, 3.63) is 326 Å². The maximum Gasteiger partial charge on any atom is 0.220 e. The fourth-order valence-electron chi connectivity index (χ4n) is 16.3. The van der Waals surface area contributed by atoms with Gasteiger partial charge in [-0.05, 0) is 270 Å². The standard InChI is InChI=1S/C24H30N.2C22H26N.C21H24N.C20H22N/c1-7-18-13-19(8-2)17(5)23(14-18)24-22-10-9-20(16(3)4)15-21(22)11-12-25(24)6;1-14(2)18-7-8-20-19(13-18)9-10-23(6)22(20)21-12-15(3)11-16(4)17(21)5;1-6-17-8-7-16(4)21(13-17)22-20-10-9-18(15(2)3)14-19(20)11-12-23(22)5;1-14(2)17-8-9-19-18(13-17)10-11-22(5)21(19)20-12-15(3)6-7-16(20)4;1-14(2)16-9-10-19-17(13-16)11-12-21(4)20(19)18-8-6-5-7-15(18)3/h9-16H,7-8H2,1-6H3;7-14H,1-6H3;7-15H,6H2,1-5H3;6-14H,1-5H3;5-14H,1-4H3/q5*+1. The zero-order chi connectivity index (χ0) is 82.3. The van der Waals surface area contributed by atoms with Crippen LogP contribution in [0.4, 0.5) is 0 Å². The van der Waals surface area contributed by atoms with E-state index in [4.69, 9.17) is 0 Å². The summed E-state index contributed by atoms with van der Waals surface area (Å²) < 4.78 is 11.2. The molecule has 5 heterocycles. The molecule has 0 saturated carbocycles. The Morgan fingerprint density at radius 1 is 0.237 bits per heavy atom. The Labute approximate surface area is 684 Å². The number of aromatic nitrogens is 5. The van der Waals surface area contributed by atoms with Crippen molar-refractivity contribution in [2.45, 2.75) is 194 Å². The fourth-order valence-corrected chi connectivity index (χ4v) is 16.3. The lowest BCUT2D eigenvalue weighted by molar-refractivity contribution is -0.659. The average Bonchev–Trinajstić information content (AvgIpc) is 0.789. The monoisotopic (exact) mass is 1510 g/mol. The quantitative estimate of drug-likeness (QED) is 0.103. The molecule has 0 N–H and O–H groups in total. The Balaban J connectivity index is 0.000000141. The first-order chi connectivity index (χ1) is 54.4. The third-order valence-corrected chi connectivity index (χ3v) is 23.8. The van der Waals surface area contributed by atoms with Gasteiger partial charge in [-0.25, -0.2) is 22.8 Å². The molecule has 0 amide bonds. The Morgan fingerprint density at radius 2 is 0.544 bits per heavy atom. The third kappa shape index (κ3) is 18.5. The van der Waals surface area contributed by atoms with Crippen molar-refractivity contribution in [3.63, 3.8) is 0 Å². The molecule has 10 aromatic carbocycles. The summed E-state index contributed by atoms with van der Waals surface area (Å²) in [5, 5.41) is 13.3. The molecular weight excluding hydrogens is 1380 g/mol. The molecule has 15 rings (SSSR count). The summed E-state index contributed by atoms with van der Waals surface area (Å²) in [5.41, 5.74) is 35.2. The lowest BCUT2D eigenvalue weighted by Crippen LogP contribution is -2.31. The second kappa shape index (κ2) is 36.6. The van der Waals surface area contributed by atoms with Crippen molar-refractivity contribution >= 4 is 53.9 Å². The van der Waals surface area contributed by atoms with Gasteiger partial charge in [0.25, 0.3) is 0 Å². The van der Waals surface area contributed by atoms with E-state index in [9.17, 15) is 0 Å². The minimum absolute atomic E-state index is 0.554. The number of pyridine rings is 5. The highest BCUT2D eigenvalue weighted by Crippen LogP contribution is 2.38. The number of nitrogens with zero attached hydrogens (tertiary/aromatic N) is 5. The summed E-state index contributed by atoms with van der Waals surface area (Å²) in [4.78, 5) is 0. The van der Waals surface area contributed by atoms with Crippen LogP contribution in [0, 0.1) is 55.4 Å². The highest BCUT2D eigenvalue weighted by atomic mass is 14.9. The van der Waals surface area contributed by atoms with Crippen molar-refractivity contribution in [3.8, 4) is 56.3 Å². The van der Waals surface area contributed by atoms with E-state index in [1.807, 2.05) is 0 Å². The maximum atomic E-state index is 2.39. The van der Waals surface area contributed by atoms with Crippen LogP contribution in [0.15, 0.2) is 237 Å². The Hall–Kier alpha value is -10.8. The summed E-state index contributed by atoms with van der Waals surface area (Å²) in [5.74, 6) is 2.79. The number of fused-ring (bicyclic) bond motifs is 5. The largest absolute Gasteiger partial charge is 0.220 e. The van der Waals surface area contributed by atoms with Gasteiger partial charge in [-0.1, -0.05) is 216 Å². The first-order valence-electron chi connectivity index (χ1n) is 42.0. The lowest BCUT2D eigenvalue weighted by atomic mass is 9.91. The average molecular weight is 1510 g/mol. The maximum absolute atomic E-state index is 2.39. The van der Waals surface area contributed by atoms with Crippen molar-refractivity contribution < 1.29 is 22.8 Å². The Bertz CT molecular complexity index is 6020. The second-order valence-corrected chi connectivity index (χ2v) is 33.9. The molecule has 0 radical (unpaired) electrons. The molecule has 0 bridgehead atoms. The van der Waals surface area contributed by atoms with Gasteiger partial charge in [-0.3, -0.25) is 0 Å². The smallest absolute Gasteiger partial charge is 0.200 e. The van der Waals surface area contributed by atoms with Gasteiger partial charge in [-0.2, -0.15) is 0 Å². The van der Waals surface area contributed by atoms with Gasteiger partial charge in [-0.15, -0.1) is 0 Å². The molecular formula is C109H128N5+5. The Morgan fingerprint density at radius 3 is 0.895 bits per heavy atom. The van der Waals surface area contributed by atoms with Gasteiger partial charge in [0.15, 0.2) is 31.0 Å². The van der Waals surface area contributed by atoms with E-state index >= 15 is 0 Å². The van der Waals surface area contributed by atoms with Crippen LogP contribution in [0.1, 0.15) is 209 Å². The van der Waals surface area contributed by atoms with Gasteiger partial charge in [0.05, 0.1) is 38.1 Å². The van der Waals surface area contributed by atoms with Crippen LogP contribution in [-0.4, -0.2) is 0 Å². The summed E-state index contributed by atoms with van der Waals surface area (Å²) in [6, 6.07) is 77.0. The minimum atomic E-state index is 0.554. The number of rotatable bonds is 13. The van der Waals surface area contributed by atoms with E-state index in [-0.39, 0.29) is 0 Å². The van der Waals surface area contributed by atoms with Crippen molar-refractivity contribution in [1.29, 1.82) is 0 Å². The second-order valence-electron chi connectivity index (χ2n) is 33.9. The molecule has 0 saturated heterocycles.